The topological polar surface area (TPSA) is 44.4 Å². The van der Waals surface area contributed by atoms with Crippen LogP contribution in [0.3, 0.4) is 0 Å². The number of hydrogen-bond acceptors (Lipinski definition) is 3. The molecule has 0 aromatic carbocycles. The van der Waals surface area contributed by atoms with Crippen LogP contribution in [-0.4, -0.2) is 50.1 Å². The number of nitrogens with one attached hydrogen (secondary N) is 2. The van der Waals surface area contributed by atoms with Crippen LogP contribution in [-0.2, 0) is 4.79 Å². The molecule has 1 atom stereocenters. The van der Waals surface area contributed by atoms with E-state index in [0.717, 1.165) is 26.2 Å². The Morgan fingerprint density at radius 1 is 1.50 bits per heavy atom. The van der Waals surface area contributed by atoms with Crippen LogP contribution >= 0.6 is 0 Å². The van der Waals surface area contributed by atoms with Gasteiger partial charge < -0.3 is 15.5 Å². The van der Waals surface area contributed by atoms with Gasteiger partial charge in [0, 0.05) is 38.6 Å². The second-order valence-corrected chi connectivity index (χ2v) is 6.54. The van der Waals surface area contributed by atoms with E-state index in [2.05, 4.69) is 50.3 Å². The average molecular weight is 255 g/mol. The molecule has 1 aliphatic heterocycles. The van der Waals surface area contributed by atoms with Crippen LogP contribution in [0.1, 0.15) is 34.1 Å². The van der Waals surface area contributed by atoms with E-state index in [1.807, 2.05) is 0 Å². The molecule has 4 nitrogen and oxygen atoms in total. The molecule has 0 saturated carbocycles. The molecular weight excluding hydrogens is 226 g/mol. The van der Waals surface area contributed by atoms with Crippen molar-refractivity contribution in [2.75, 3.05) is 33.2 Å². The number of piperazine rings is 1. The van der Waals surface area contributed by atoms with Crippen molar-refractivity contribution in [3.05, 3.63) is 0 Å². The summed E-state index contributed by atoms with van der Waals surface area (Å²) < 4.78 is 0. The van der Waals surface area contributed by atoms with Crippen molar-refractivity contribution in [2.24, 2.45) is 11.3 Å². The van der Waals surface area contributed by atoms with Crippen LogP contribution in [0, 0.1) is 11.3 Å². The third-order valence-corrected chi connectivity index (χ3v) is 4.19. The molecule has 0 spiro atoms. The molecule has 0 aliphatic carbocycles. The van der Waals surface area contributed by atoms with Gasteiger partial charge in [-0.3, -0.25) is 4.79 Å². The van der Waals surface area contributed by atoms with Gasteiger partial charge >= 0.3 is 0 Å². The number of hydrogen-bond donors (Lipinski definition) is 2. The van der Waals surface area contributed by atoms with Crippen molar-refractivity contribution in [3.63, 3.8) is 0 Å². The zero-order valence-electron chi connectivity index (χ0n) is 12.5. The molecule has 18 heavy (non-hydrogen) atoms. The Bertz CT molecular complexity index is 276. The molecule has 0 radical (unpaired) electrons. The highest BCUT2D eigenvalue weighted by atomic mass is 16.1. The lowest BCUT2D eigenvalue weighted by Gasteiger charge is -2.32. The highest BCUT2D eigenvalue weighted by Crippen LogP contribution is 2.24. The van der Waals surface area contributed by atoms with Crippen LogP contribution in [0.5, 0.6) is 0 Å². The smallest absolute Gasteiger partial charge is 0.221 e. The lowest BCUT2D eigenvalue weighted by Crippen LogP contribution is -2.51. The second-order valence-electron chi connectivity index (χ2n) is 6.54. The van der Waals surface area contributed by atoms with E-state index in [4.69, 9.17) is 0 Å². The number of likely N-dealkylation sites (N-methyl/N-ethyl adjacent to an activating group) is 1. The lowest BCUT2D eigenvalue weighted by atomic mass is 9.81. The lowest BCUT2D eigenvalue weighted by molar-refractivity contribution is -0.122. The maximum atomic E-state index is 11.9. The summed E-state index contributed by atoms with van der Waals surface area (Å²) in [6, 6.07) is 0.297. The SMILES string of the molecule is CC(C)C(C)(C)CNC(=O)CC1CN(C)CCN1. The van der Waals surface area contributed by atoms with E-state index >= 15 is 0 Å². The van der Waals surface area contributed by atoms with Gasteiger partial charge in [-0.2, -0.15) is 0 Å². The summed E-state index contributed by atoms with van der Waals surface area (Å²) in [6.07, 6.45) is 0.582. The highest BCUT2D eigenvalue weighted by Gasteiger charge is 2.24. The maximum absolute atomic E-state index is 11.9. The van der Waals surface area contributed by atoms with Crippen molar-refractivity contribution < 1.29 is 4.79 Å². The van der Waals surface area contributed by atoms with Crippen LogP contribution in [0.25, 0.3) is 0 Å². The van der Waals surface area contributed by atoms with Crippen molar-refractivity contribution in [3.8, 4) is 0 Å². The monoisotopic (exact) mass is 255 g/mol. The summed E-state index contributed by atoms with van der Waals surface area (Å²) >= 11 is 0. The molecule has 0 bridgehead atoms. The largest absolute Gasteiger partial charge is 0.356 e. The molecule has 1 heterocycles. The summed E-state index contributed by atoms with van der Waals surface area (Å²) in [4.78, 5) is 14.2. The third kappa shape index (κ3) is 4.94. The molecule has 0 aromatic heterocycles. The van der Waals surface area contributed by atoms with Crippen LogP contribution in [0.15, 0.2) is 0 Å². The molecule has 4 heteroatoms. The Morgan fingerprint density at radius 3 is 2.72 bits per heavy atom. The van der Waals surface area contributed by atoms with E-state index in [1.54, 1.807) is 0 Å². The van der Waals surface area contributed by atoms with E-state index in [-0.39, 0.29) is 11.3 Å². The molecule has 2 N–H and O–H groups in total. The predicted octanol–water partition coefficient (Wildman–Crippen LogP) is 1.08. The zero-order chi connectivity index (χ0) is 13.8. The molecule has 106 valence electrons. The van der Waals surface area contributed by atoms with Crippen molar-refractivity contribution in [1.29, 1.82) is 0 Å². The molecular formula is C14H29N3O. The summed E-state index contributed by atoms with van der Waals surface area (Å²) in [5, 5.41) is 6.47. The van der Waals surface area contributed by atoms with Gasteiger partial charge in [0.2, 0.25) is 5.91 Å². The van der Waals surface area contributed by atoms with Crippen LogP contribution < -0.4 is 10.6 Å². The fourth-order valence-corrected chi connectivity index (χ4v) is 1.95. The van der Waals surface area contributed by atoms with Crippen molar-refractivity contribution >= 4 is 5.91 Å². The van der Waals surface area contributed by atoms with Gasteiger partial charge in [0.25, 0.3) is 0 Å². The van der Waals surface area contributed by atoms with Crippen molar-refractivity contribution in [1.82, 2.24) is 15.5 Å². The van der Waals surface area contributed by atoms with Crippen LogP contribution in [0.4, 0.5) is 0 Å². The van der Waals surface area contributed by atoms with Crippen LogP contribution in [0.2, 0.25) is 0 Å². The van der Waals surface area contributed by atoms with E-state index in [1.165, 1.54) is 0 Å². The van der Waals surface area contributed by atoms with Gasteiger partial charge in [0.05, 0.1) is 0 Å². The minimum Gasteiger partial charge on any atom is -0.356 e. The fraction of sp³-hybridized carbons (Fsp3) is 0.929. The first-order valence-electron chi connectivity index (χ1n) is 7.00. The number of carbonyl (C=O) groups is 1. The summed E-state index contributed by atoms with van der Waals surface area (Å²) in [6.45, 7) is 12.6. The minimum atomic E-state index is 0.159. The normalized spacial score (nSPS) is 22.2. The molecule has 1 fully saturated rings. The average Bonchev–Trinajstić information content (AvgIpc) is 2.26. The Labute approximate surface area is 111 Å². The first-order chi connectivity index (χ1) is 8.31. The Morgan fingerprint density at radius 2 is 2.17 bits per heavy atom. The Hall–Kier alpha value is -0.610. The third-order valence-electron chi connectivity index (χ3n) is 4.19. The number of amides is 1. The summed E-state index contributed by atoms with van der Waals surface area (Å²) in [5.74, 6) is 0.730. The minimum absolute atomic E-state index is 0.159. The standard InChI is InChI=1S/C14H29N3O/c1-11(2)14(3,4)10-16-13(18)8-12-9-17(5)7-6-15-12/h11-12,15H,6-10H2,1-5H3,(H,16,18). The summed E-state index contributed by atoms with van der Waals surface area (Å²) in [5.41, 5.74) is 0.159. The number of carbonyl (C=O) groups excluding carboxylic acids is 1. The number of rotatable bonds is 5. The summed E-state index contributed by atoms with van der Waals surface area (Å²) in [7, 11) is 2.10. The predicted molar refractivity (Wildman–Crippen MR) is 75.5 cm³/mol. The fourth-order valence-electron chi connectivity index (χ4n) is 1.95. The zero-order valence-corrected chi connectivity index (χ0v) is 12.5. The molecule has 1 amide bonds. The van der Waals surface area contributed by atoms with Gasteiger partial charge in [-0.05, 0) is 18.4 Å². The van der Waals surface area contributed by atoms with Gasteiger partial charge in [-0.15, -0.1) is 0 Å². The molecule has 0 aromatic rings. The number of nitrogens with zero attached hydrogens (tertiary/aromatic N) is 1. The molecule has 1 unspecified atom stereocenters. The van der Waals surface area contributed by atoms with Crippen molar-refractivity contribution in [2.45, 2.75) is 40.2 Å². The van der Waals surface area contributed by atoms with Gasteiger partial charge in [-0.25, -0.2) is 0 Å². The highest BCUT2D eigenvalue weighted by molar-refractivity contribution is 5.76. The van der Waals surface area contributed by atoms with E-state index < -0.39 is 0 Å². The van der Waals surface area contributed by atoms with E-state index in [0.29, 0.717) is 18.4 Å². The molecule has 1 aliphatic rings. The van der Waals surface area contributed by atoms with Gasteiger partial charge in [0.15, 0.2) is 0 Å². The second kappa shape index (κ2) is 6.53. The first kappa shape index (κ1) is 15.4. The van der Waals surface area contributed by atoms with E-state index in [9.17, 15) is 4.79 Å². The van der Waals surface area contributed by atoms with Gasteiger partial charge in [-0.1, -0.05) is 27.7 Å². The Balaban J connectivity index is 2.29. The first-order valence-corrected chi connectivity index (χ1v) is 7.00. The maximum Gasteiger partial charge on any atom is 0.221 e. The quantitative estimate of drug-likeness (QED) is 0.772. The molecule has 1 rings (SSSR count). The van der Waals surface area contributed by atoms with Gasteiger partial charge in [0.1, 0.15) is 0 Å². The molecule has 1 saturated heterocycles. The Kier molecular flexibility index (Phi) is 5.60.